The number of aliphatic hydroxyl groups is 1. The van der Waals surface area contributed by atoms with Crippen LogP contribution in [0, 0.1) is 6.92 Å². The summed E-state index contributed by atoms with van der Waals surface area (Å²) in [6.07, 6.45) is 0. The number of benzene rings is 2. The Bertz CT molecular complexity index is 746. The Morgan fingerprint density at radius 1 is 1.00 bits per heavy atom. The van der Waals surface area contributed by atoms with Gasteiger partial charge in [-0.3, -0.25) is 0 Å². The molecule has 0 aliphatic rings. The molecule has 1 heterocycles. The second-order valence-electron chi connectivity index (χ2n) is 5.21. The van der Waals surface area contributed by atoms with E-state index in [-0.39, 0.29) is 6.61 Å². The number of fused-ring (bicyclic) bond motifs is 1. The van der Waals surface area contributed by atoms with E-state index in [0.29, 0.717) is 0 Å². The van der Waals surface area contributed by atoms with Crippen molar-refractivity contribution in [1.29, 1.82) is 0 Å². The molecule has 0 radical (unpaired) electrons. The SMILES string of the molecule is Cc1oc2ccccc2c1CNCc1cccc(CO)c1. The van der Waals surface area contributed by atoms with Gasteiger partial charge in [0.1, 0.15) is 11.3 Å². The first-order chi connectivity index (χ1) is 10.3. The zero-order valence-corrected chi connectivity index (χ0v) is 12.1. The second kappa shape index (κ2) is 6.12. The van der Waals surface area contributed by atoms with E-state index in [1.54, 1.807) is 0 Å². The maximum absolute atomic E-state index is 9.16. The van der Waals surface area contributed by atoms with Crippen LogP contribution in [0.2, 0.25) is 0 Å². The smallest absolute Gasteiger partial charge is 0.134 e. The highest BCUT2D eigenvalue weighted by molar-refractivity contribution is 5.82. The predicted octanol–water partition coefficient (Wildman–Crippen LogP) is 3.52. The number of aliphatic hydroxyl groups excluding tert-OH is 1. The quantitative estimate of drug-likeness (QED) is 0.752. The Morgan fingerprint density at radius 3 is 2.67 bits per heavy atom. The van der Waals surface area contributed by atoms with Crippen molar-refractivity contribution in [3.8, 4) is 0 Å². The molecule has 0 saturated heterocycles. The fraction of sp³-hybridized carbons (Fsp3) is 0.222. The van der Waals surface area contributed by atoms with Crippen LogP contribution in [-0.4, -0.2) is 5.11 Å². The molecular weight excluding hydrogens is 262 g/mol. The van der Waals surface area contributed by atoms with Crippen molar-refractivity contribution in [1.82, 2.24) is 5.32 Å². The zero-order valence-electron chi connectivity index (χ0n) is 12.1. The van der Waals surface area contributed by atoms with Gasteiger partial charge in [0.15, 0.2) is 0 Å². The van der Waals surface area contributed by atoms with Crippen LogP contribution >= 0.6 is 0 Å². The van der Waals surface area contributed by atoms with Crippen molar-refractivity contribution >= 4 is 11.0 Å². The number of furan rings is 1. The average molecular weight is 281 g/mol. The summed E-state index contributed by atoms with van der Waals surface area (Å²) in [5, 5.41) is 13.8. The Balaban J connectivity index is 1.70. The van der Waals surface area contributed by atoms with Crippen LogP contribution in [0.5, 0.6) is 0 Å². The molecule has 0 spiro atoms. The largest absolute Gasteiger partial charge is 0.461 e. The summed E-state index contributed by atoms with van der Waals surface area (Å²) in [4.78, 5) is 0. The highest BCUT2D eigenvalue weighted by Crippen LogP contribution is 2.25. The van der Waals surface area contributed by atoms with Crippen molar-refractivity contribution in [3.05, 3.63) is 71.0 Å². The molecule has 3 aromatic rings. The monoisotopic (exact) mass is 281 g/mol. The van der Waals surface area contributed by atoms with Crippen LogP contribution in [0.15, 0.2) is 52.9 Å². The fourth-order valence-electron chi connectivity index (χ4n) is 2.61. The fourth-order valence-corrected chi connectivity index (χ4v) is 2.61. The molecule has 1 aromatic heterocycles. The summed E-state index contributed by atoms with van der Waals surface area (Å²) < 4.78 is 5.77. The number of rotatable bonds is 5. The zero-order chi connectivity index (χ0) is 14.7. The second-order valence-corrected chi connectivity index (χ2v) is 5.21. The van der Waals surface area contributed by atoms with E-state index in [1.807, 2.05) is 43.3 Å². The highest BCUT2D eigenvalue weighted by atomic mass is 16.3. The molecule has 0 saturated carbocycles. The molecule has 0 fully saturated rings. The molecular formula is C18H19NO2. The van der Waals surface area contributed by atoms with Crippen molar-refractivity contribution in [2.24, 2.45) is 0 Å². The van der Waals surface area contributed by atoms with Gasteiger partial charge in [0, 0.05) is 24.0 Å². The number of para-hydroxylation sites is 1. The van der Waals surface area contributed by atoms with Crippen molar-refractivity contribution in [2.45, 2.75) is 26.6 Å². The third-order valence-electron chi connectivity index (χ3n) is 3.71. The van der Waals surface area contributed by atoms with Crippen LogP contribution in [0.1, 0.15) is 22.5 Å². The molecule has 0 amide bonds. The summed E-state index contributed by atoms with van der Waals surface area (Å²) in [7, 11) is 0. The minimum Gasteiger partial charge on any atom is -0.461 e. The topological polar surface area (TPSA) is 45.4 Å². The van der Waals surface area contributed by atoms with Gasteiger partial charge in [0.25, 0.3) is 0 Å². The third-order valence-corrected chi connectivity index (χ3v) is 3.71. The molecule has 0 bridgehead atoms. The lowest BCUT2D eigenvalue weighted by molar-refractivity contribution is 0.281. The number of aryl methyl sites for hydroxylation is 1. The lowest BCUT2D eigenvalue weighted by Crippen LogP contribution is -2.13. The molecule has 0 atom stereocenters. The average Bonchev–Trinajstić information content (AvgIpc) is 2.83. The molecule has 0 aliphatic carbocycles. The van der Waals surface area contributed by atoms with Crippen LogP contribution in [-0.2, 0) is 19.7 Å². The molecule has 0 unspecified atom stereocenters. The minimum absolute atomic E-state index is 0.0827. The Kier molecular flexibility index (Phi) is 4.04. The van der Waals surface area contributed by atoms with Gasteiger partial charge in [0.2, 0.25) is 0 Å². The number of hydrogen-bond donors (Lipinski definition) is 2. The number of nitrogens with one attached hydrogen (secondary N) is 1. The molecule has 0 aliphatic heterocycles. The van der Waals surface area contributed by atoms with E-state index in [1.165, 1.54) is 16.5 Å². The molecule has 108 valence electrons. The molecule has 2 N–H and O–H groups in total. The Labute approximate surface area is 124 Å². The molecule has 3 rings (SSSR count). The van der Waals surface area contributed by atoms with Gasteiger partial charge in [-0.15, -0.1) is 0 Å². The first-order valence-corrected chi connectivity index (χ1v) is 7.14. The predicted molar refractivity (Wildman–Crippen MR) is 83.9 cm³/mol. The van der Waals surface area contributed by atoms with E-state index < -0.39 is 0 Å². The van der Waals surface area contributed by atoms with Gasteiger partial charge < -0.3 is 14.8 Å². The molecule has 3 nitrogen and oxygen atoms in total. The summed E-state index contributed by atoms with van der Waals surface area (Å²) in [6, 6.07) is 16.1. The van der Waals surface area contributed by atoms with E-state index in [4.69, 9.17) is 9.52 Å². The Morgan fingerprint density at radius 2 is 1.81 bits per heavy atom. The third kappa shape index (κ3) is 2.99. The van der Waals surface area contributed by atoms with Crippen molar-refractivity contribution < 1.29 is 9.52 Å². The van der Waals surface area contributed by atoms with Crippen molar-refractivity contribution in [3.63, 3.8) is 0 Å². The first kappa shape index (κ1) is 13.9. The minimum atomic E-state index is 0.0827. The molecule has 2 aromatic carbocycles. The van der Waals surface area contributed by atoms with Gasteiger partial charge in [-0.05, 0) is 24.1 Å². The van der Waals surface area contributed by atoms with Crippen molar-refractivity contribution in [2.75, 3.05) is 0 Å². The van der Waals surface area contributed by atoms with Crippen LogP contribution in [0.25, 0.3) is 11.0 Å². The van der Waals surface area contributed by atoms with Gasteiger partial charge in [-0.25, -0.2) is 0 Å². The lowest BCUT2D eigenvalue weighted by atomic mass is 10.1. The van der Waals surface area contributed by atoms with Crippen LogP contribution in [0.3, 0.4) is 0 Å². The van der Waals surface area contributed by atoms with Gasteiger partial charge >= 0.3 is 0 Å². The first-order valence-electron chi connectivity index (χ1n) is 7.14. The van der Waals surface area contributed by atoms with E-state index in [2.05, 4.69) is 17.4 Å². The normalized spacial score (nSPS) is 11.1. The highest BCUT2D eigenvalue weighted by Gasteiger charge is 2.09. The molecule has 3 heteroatoms. The summed E-state index contributed by atoms with van der Waals surface area (Å²) >= 11 is 0. The van der Waals surface area contributed by atoms with Crippen LogP contribution in [0.4, 0.5) is 0 Å². The lowest BCUT2D eigenvalue weighted by Gasteiger charge is -2.06. The van der Waals surface area contributed by atoms with Crippen LogP contribution < -0.4 is 5.32 Å². The summed E-state index contributed by atoms with van der Waals surface area (Å²) in [5.74, 6) is 0.966. The van der Waals surface area contributed by atoms with Gasteiger partial charge in [0.05, 0.1) is 6.61 Å². The molecule has 21 heavy (non-hydrogen) atoms. The van der Waals surface area contributed by atoms with E-state index in [0.717, 1.165) is 30.0 Å². The standard InChI is InChI=1S/C18H19NO2/c1-13-17(16-7-2-3-8-18(16)21-13)11-19-10-14-5-4-6-15(9-14)12-20/h2-9,19-20H,10-12H2,1H3. The maximum atomic E-state index is 9.16. The Hall–Kier alpha value is -2.10. The van der Waals surface area contributed by atoms with E-state index in [9.17, 15) is 0 Å². The van der Waals surface area contributed by atoms with Gasteiger partial charge in [-0.1, -0.05) is 42.5 Å². The van der Waals surface area contributed by atoms with E-state index >= 15 is 0 Å². The summed E-state index contributed by atoms with van der Waals surface area (Å²) in [5.41, 5.74) is 4.27. The number of hydrogen-bond acceptors (Lipinski definition) is 3. The van der Waals surface area contributed by atoms with Gasteiger partial charge in [-0.2, -0.15) is 0 Å². The summed E-state index contributed by atoms with van der Waals surface area (Å²) in [6.45, 7) is 3.63. The maximum Gasteiger partial charge on any atom is 0.134 e.